The largest absolute Gasteiger partial charge is 0.492 e. The minimum absolute atomic E-state index is 0.0411. The Kier molecular flexibility index (Phi) is 8.51. The zero-order chi connectivity index (χ0) is 15.5. The molecule has 0 unspecified atom stereocenters. The van der Waals surface area contributed by atoms with Crippen molar-refractivity contribution < 1.29 is 9.53 Å². The van der Waals surface area contributed by atoms with E-state index in [0.717, 1.165) is 43.9 Å². The molecule has 0 aliphatic rings. The Hall–Kier alpha value is -1.55. The summed E-state index contributed by atoms with van der Waals surface area (Å²) in [6.07, 6.45) is 2.75. The molecule has 4 heteroatoms. The van der Waals surface area contributed by atoms with Gasteiger partial charge in [-0.25, -0.2) is 0 Å². The van der Waals surface area contributed by atoms with Crippen LogP contribution in [0.3, 0.4) is 0 Å². The number of para-hydroxylation sites is 2. The van der Waals surface area contributed by atoms with E-state index in [1.165, 1.54) is 0 Å². The van der Waals surface area contributed by atoms with Gasteiger partial charge in [-0.15, -0.1) is 0 Å². The summed E-state index contributed by atoms with van der Waals surface area (Å²) in [7, 11) is 0. The van der Waals surface area contributed by atoms with Crippen LogP contribution >= 0.6 is 0 Å². The summed E-state index contributed by atoms with van der Waals surface area (Å²) in [5, 5.41) is 2.94. The number of hydrogen-bond donors (Lipinski definition) is 1. The summed E-state index contributed by atoms with van der Waals surface area (Å²) in [5.74, 6) is 0.770. The number of nitrogens with one attached hydrogen (secondary N) is 1. The van der Waals surface area contributed by atoms with E-state index in [2.05, 4.69) is 24.1 Å². The molecule has 0 heterocycles. The molecule has 1 amide bonds. The molecule has 0 radical (unpaired) electrons. The Labute approximate surface area is 128 Å². The third-order valence-corrected chi connectivity index (χ3v) is 3.20. The number of anilines is 1. The SMILES string of the molecule is CCCN(CCC)CCC(=O)Nc1ccccc1OCC. The highest BCUT2D eigenvalue weighted by molar-refractivity contribution is 5.92. The van der Waals surface area contributed by atoms with E-state index in [1.54, 1.807) is 0 Å². The van der Waals surface area contributed by atoms with Crippen molar-refractivity contribution >= 4 is 11.6 Å². The maximum absolute atomic E-state index is 12.1. The van der Waals surface area contributed by atoms with Crippen LogP contribution in [-0.2, 0) is 4.79 Å². The molecule has 0 atom stereocenters. The minimum atomic E-state index is 0.0411. The van der Waals surface area contributed by atoms with Crippen LogP contribution in [0.4, 0.5) is 5.69 Å². The molecule has 1 rings (SSSR count). The van der Waals surface area contributed by atoms with Gasteiger partial charge in [-0.3, -0.25) is 4.79 Å². The molecule has 1 aromatic rings. The number of nitrogens with zero attached hydrogens (tertiary/aromatic N) is 1. The average molecular weight is 292 g/mol. The summed E-state index contributed by atoms with van der Waals surface area (Å²) in [6.45, 7) is 9.78. The van der Waals surface area contributed by atoms with Crippen LogP contribution in [0.15, 0.2) is 24.3 Å². The van der Waals surface area contributed by atoms with E-state index in [4.69, 9.17) is 4.74 Å². The first-order chi connectivity index (χ1) is 10.2. The molecule has 0 aromatic heterocycles. The number of carbonyl (C=O) groups excluding carboxylic acids is 1. The maximum atomic E-state index is 12.1. The molecule has 0 spiro atoms. The van der Waals surface area contributed by atoms with Crippen LogP contribution in [-0.4, -0.2) is 37.0 Å². The monoisotopic (exact) mass is 292 g/mol. The lowest BCUT2D eigenvalue weighted by molar-refractivity contribution is -0.116. The Bertz CT molecular complexity index is 415. The molecule has 0 fully saturated rings. The molecule has 4 nitrogen and oxygen atoms in total. The Morgan fingerprint density at radius 3 is 2.38 bits per heavy atom. The molecule has 0 bridgehead atoms. The second kappa shape index (κ2) is 10.2. The number of hydrogen-bond acceptors (Lipinski definition) is 3. The van der Waals surface area contributed by atoms with E-state index >= 15 is 0 Å². The van der Waals surface area contributed by atoms with Gasteiger partial charge in [0.25, 0.3) is 0 Å². The zero-order valence-corrected chi connectivity index (χ0v) is 13.5. The highest BCUT2D eigenvalue weighted by Crippen LogP contribution is 2.23. The van der Waals surface area contributed by atoms with Crippen LogP contribution in [0.5, 0.6) is 5.75 Å². The van der Waals surface area contributed by atoms with Crippen molar-refractivity contribution in [2.75, 3.05) is 31.6 Å². The first-order valence-electron chi connectivity index (χ1n) is 7.95. The van der Waals surface area contributed by atoms with Crippen molar-refractivity contribution in [1.29, 1.82) is 0 Å². The lowest BCUT2D eigenvalue weighted by atomic mass is 10.2. The summed E-state index contributed by atoms with van der Waals surface area (Å²) >= 11 is 0. The fraction of sp³-hybridized carbons (Fsp3) is 0.588. The highest BCUT2D eigenvalue weighted by atomic mass is 16.5. The van der Waals surface area contributed by atoms with Gasteiger partial charge in [0.15, 0.2) is 0 Å². The number of rotatable bonds is 10. The lowest BCUT2D eigenvalue weighted by Gasteiger charge is -2.20. The second-order valence-corrected chi connectivity index (χ2v) is 5.07. The highest BCUT2D eigenvalue weighted by Gasteiger charge is 2.09. The van der Waals surface area contributed by atoms with Crippen molar-refractivity contribution in [2.24, 2.45) is 0 Å². The predicted molar refractivity (Wildman–Crippen MR) is 87.9 cm³/mol. The fourth-order valence-corrected chi connectivity index (χ4v) is 2.29. The predicted octanol–water partition coefficient (Wildman–Crippen LogP) is 3.54. The Morgan fingerprint density at radius 2 is 1.76 bits per heavy atom. The summed E-state index contributed by atoms with van der Waals surface area (Å²) < 4.78 is 5.52. The van der Waals surface area contributed by atoms with Crippen LogP contribution in [0, 0.1) is 0 Å². The smallest absolute Gasteiger partial charge is 0.225 e. The van der Waals surface area contributed by atoms with Gasteiger partial charge < -0.3 is 15.0 Å². The van der Waals surface area contributed by atoms with Crippen LogP contribution < -0.4 is 10.1 Å². The Morgan fingerprint density at radius 1 is 1.10 bits per heavy atom. The van der Waals surface area contributed by atoms with Crippen LogP contribution in [0.2, 0.25) is 0 Å². The van der Waals surface area contributed by atoms with Gasteiger partial charge in [0.2, 0.25) is 5.91 Å². The summed E-state index contributed by atoms with van der Waals surface area (Å²) in [6, 6.07) is 7.56. The van der Waals surface area contributed by atoms with Crippen LogP contribution in [0.25, 0.3) is 0 Å². The van der Waals surface area contributed by atoms with Crippen molar-refractivity contribution in [2.45, 2.75) is 40.0 Å². The quantitative estimate of drug-likeness (QED) is 0.717. The molecule has 0 saturated heterocycles. The first-order valence-corrected chi connectivity index (χ1v) is 7.95. The molecule has 1 aromatic carbocycles. The van der Waals surface area contributed by atoms with Crippen molar-refractivity contribution in [1.82, 2.24) is 4.90 Å². The van der Waals surface area contributed by atoms with Gasteiger partial charge in [0.1, 0.15) is 5.75 Å². The number of ether oxygens (including phenoxy) is 1. The van der Waals surface area contributed by atoms with E-state index in [1.807, 2.05) is 31.2 Å². The van der Waals surface area contributed by atoms with E-state index in [0.29, 0.717) is 13.0 Å². The molecule has 21 heavy (non-hydrogen) atoms. The van der Waals surface area contributed by atoms with Crippen molar-refractivity contribution in [3.8, 4) is 5.75 Å². The minimum Gasteiger partial charge on any atom is -0.492 e. The van der Waals surface area contributed by atoms with Gasteiger partial charge >= 0.3 is 0 Å². The normalized spacial score (nSPS) is 10.7. The van der Waals surface area contributed by atoms with E-state index in [-0.39, 0.29) is 5.91 Å². The fourth-order valence-electron chi connectivity index (χ4n) is 2.29. The standard InChI is InChI=1S/C17H28N2O2/c1-4-12-19(13-5-2)14-11-17(20)18-15-9-7-8-10-16(15)21-6-3/h7-10H,4-6,11-14H2,1-3H3,(H,18,20). The van der Waals surface area contributed by atoms with Gasteiger partial charge in [-0.05, 0) is 45.0 Å². The van der Waals surface area contributed by atoms with Gasteiger partial charge in [0, 0.05) is 13.0 Å². The topological polar surface area (TPSA) is 41.6 Å². The van der Waals surface area contributed by atoms with Crippen molar-refractivity contribution in [3.05, 3.63) is 24.3 Å². The molecule has 1 N–H and O–H groups in total. The van der Waals surface area contributed by atoms with E-state index in [9.17, 15) is 4.79 Å². The Balaban J connectivity index is 2.49. The summed E-state index contributed by atoms with van der Waals surface area (Å²) in [5.41, 5.74) is 0.752. The lowest BCUT2D eigenvalue weighted by Crippen LogP contribution is -2.29. The van der Waals surface area contributed by atoms with Gasteiger partial charge in [0.05, 0.1) is 12.3 Å². The third-order valence-electron chi connectivity index (χ3n) is 3.20. The number of benzene rings is 1. The third kappa shape index (κ3) is 6.63. The zero-order valence-electron chi connectivity index (χ0n) is 13.5. The van der Waals surface area contributed by atoms with Gasteiger partial charge in [-0.2, -0.15) is 0 Å². The maximum Gasteiger partial charge on any atom is 0.225 e. The van der Waals surface area contributed by atoms with Crippen LogP contribution in [0.1, 0.15) is 40.0 Å². The summed E-state index contributed by atoms with van der Waals surface area (Å²) in [4.78, 5) is 14.4. The number of carbonyl (C=O) groups is 1. The first kappa shape index (κ1) is 17.5. The molecular weight excluding hydrogens is 264 g/mol. The second-order valence-electron chi connectivity index (χ2n) is 5.07. The van der Waals surface area contributed by atoms with Gasteiger partial charge in [-0.1, -0.05) is 26.0 Å². The van der Waals surface area contributed by atoms with E-state index < -0.39 is 0 Å². The molecular formula is C17H28N2O2. The average Bonchev–Trinajstić information content (AvgIpc) is 2.47. The number of amides is 1. The molecule has 0 aliphatic heterocycles. The van der Waals surface area contributed by atoms with Crippen molar-refractivity contribution in [3.63, 3.8) is 0 Å². The molecule has 0 saturated carbocycles. The molecule has 118 valence electrons. The molecule has 0 aliphatic carbocycles.